The molecule has 1 aromatic heterocycles. The first-order valence-electron chi connectivity index (χ1n) is 5.50. The molecule has 0 spiro atoms. The molecule has 0 unspecified atom stereocenters. The van der Waals surface area contributed by atoms with Gasteiger partial charge in [-0.25, -0.2) is 14.7 Å². The van der Waals surface area contributed by atoms with E-state index >= 15 is 0 Å². The molecule has 1 aromatic carbocycles. The minimum atomic E-state index is -0.583. The Morgan fingerprint density at radius 3 is 2.80 bits per heavy atom. The zero-order valence-corrected chi connectivity index (χ0v) is 10.8. The largest absolute Gasteiger partial charge is 0.295 e. The van der Waals surface area contributed by atoms with Gasteiger partial charge in [0.25, 0.3) is 11.6 Å². The van der Waals surface area contributed by atoms with Crippen molar-refractivity contribution in [3.63, 3.8) is 0 Å². The van der Waals surface area contributed by atoms with E-state index in [-0.39, 0.29) is 16.9 Å². The molecular weight excluding hydrogens is 266 g/mol. The van der Waals surface area contributed by atoms with Crippen molar-refractivity contribution in [3.8, 4) is 5.69 Å². The van der Waals surface area contributed by atoms with Crippen molar-refractivity contribution in [2.24, 2.45) is 0 Å². The van der Waals surface area contributed by atoms with E-state index in [0.29, 0.717) is 0 Å². The van der Waals surface area contributed by atoms with Gasteiger partial charge >= 0.3 is 0 Å². The number of aromatic nitrogens is 3. The summed E-state index contributed by atoms with van der Waals surface area (Å²) in [4.78, 5) is 30.9. The van der Waals surface area contributed by atoms with E-state index in [4.69, 9.17) is 4.84 Å². The van der Waals surface area contributed by atoms with Crippen LogP contribution in [0.3, 0.4) is 0 Å². The van der Waals surface area contributed by atoms with E-state index in [1.165, 1.54) is 49.7 Å². The summed E-state index contributed by atoms with van der Waals surface area (Å²) in [6, 6.07) is 4.07. The number of hydrogen-bond acceptors (Lipinski definition) is 6. The van der Waals surface area contributed by atoms with E-state index in [0.717, 1.165) is 5.06 Å². The summed E-state index contributed by atoms with van der Waals surface area (Å²) in [7, 11) is 2.75. The number of rotatable bonds is 4. The minimum absolute atomic E-state index is 0.143. The van der Waals surface area contributed by atoms with Gasteiger partial charge in [0.15, 0.2) is 0 Å². The molecule has 9 heteroatoms. The molecule has 0 atom stereocenters. The molecule has 0 aliphatic carbocycles. The van der Waals surface area contributed by atoms with Crippen LogP contribution in [0.25, 0.3) is 5.69 Å². The zero-order chi connectivity index (χ0) is 14.7. The van der Waals surface area contributed by atoms with Crippen LogP contribution in [0.4, 0.5) is 5.69 Å². The second-order valence-corrected chi connectivity index (χ2v) is 3.79. The number of carbonyl (C=O) groups is 1. The van der Waals surface area contributed by atoms with Crippen LogP contribution in [0.5, 0.6) is 0 Å². The van der Waals surface area contributed by atoms with Crippen LogP contribution >= 0.6 is 0 Å². The monoisotopic (exact) mass is 277 g/mol. The highest BCUT2D eigenvalue weighted by atomic mass is 16.7. The average Bonchev–Trinajstić information content (AvgIpc) is 2.99. The SMILES string of the molecule is CON(C)C(=O)c1ccc(-n2cncn2)c([N+](=O)[O-])c1. The molecule has 0 saturated heterocycles. The van der Waals surface area contributed by atoms with Gasteiger partial charge in [-0.3, -0.25) is 19.7 Å². The molecule has 0 aliphatic heterocycles. The van der Waals surface area contributed by atoms with Gasteiger partial charge in [0.1, 0.15) is 18.3 Å². The number of nitro benzene ring substituents is 1. The summed E-state index contributed by atoms with van der Waals surface area (Å²) in [5, 5.41) is 15.9. The molecule has 104 valence electrons. The Labute approximate surface area is 113 Å². The first-order chi connectivity index (χ1) is 9.54. The van der Waals surface area contributed by atoms with Crippen molar-refractivity contribution in [2.75, 3.05) is 14.2 Å². The molecule has 1 heterocycles. The van der Waals surface area contributed by atoms with Gasteiger partial charge in [0, 0.05) is 18.7 Å². The molecule has 0 fully saturated rings. The summed E-state index contributed by atoms with van der Waals surface area (Å²) < 4.78 is 1.26. The summed E-state index contributed by atoms with van der Waals surface area (Å²) in [5.41, 5.74) is 0.125. The van der Waals surface area contributed by atoms with E-state index in [1.807, 2.05) is 0 Å². The lowest BCUT2D eigenvalue weighted by Gasteiger charge is -2.13. The number of hydrogen-bond donors (Lipinski definition) is 0. The van der Waals surface area contributed by atoms with Crippen molar-refractivity contribution in [1.82, 2.24) is 19.8 Å². The Kier molecular flexibility index (Phi) is 3.71. The normalized spacial score (nSPS) is 10.3. The van der Waals surface area contributed by atoms with Crippen molar-refractivity contribution < 1.29 is 14.6 Å². The van der Waals surface area contributed by atoms with E-state index < -0.39 is 10.8 Å². The van der Waals surface area contributed by atoms with Gasteiger partial charge in [-0.15, -0.1) is 0 Å². The first-order valence-corrected chi connectivity index (χ1v) is 5.50. The summed E-state index contributed by atoms with van der Waals surface area (Å²) in [5.74, 6) is -0.485. The quantitative estimate of drug-likeness (QED) is 0.605. The fraction of sp³-hybridized carbons (Fsp3) is 0.182. The topological polar surface area (TPSA) is 103 Å². The Morgan fingerprint density at radius 1 is 1.50 bits per heavy atom. The third-order valence-corrected chi connectivity index (χ3v) is 2.64. The van der Waals surface area contributed by atoms with Gasteiger partial charge in [-0.05, 0) is 12.1 Å². The lowest BCUT2D eigenvalue weighted by molar-refractivity contribution is -0.384. The molecule has 2 aromatic rings. The van der Waals surface area contributed by atoms with Gasteiger partial charge in [-0.2, -0.15) is 5.10 Å². The minimum Gasteiger partial charge on any atom is -0.274 e. The molecule has 0 bridgehead atoms. The Balaban J connectivity index is 2.49. The van der Waals surface area contributed by atoms with Gasteiger partial charge in [0.2, 0.25) is 0 Å². The number of hydroxylamine groups is 2. The lowest BCUT2D eigenvalue weighted by atomic mass is 10.1. The third-order valence-electron chi connectivity index (χ3n) is 2.64. The van der Waals surface area contributed by atoms with Crippen LogP contribution in [0, 0.1) is 10.1 Å². The van der Waals surface area contributed by atoms with E-state index in [9.17, 15) is 14.9 Å². The van der Waals surface area contributed by atoms with Crippen LogP contribution in [-0.4, -0.2) is 44.8 Å². The first kappa shape index (κ1) is 13.6. The smallest absolute Gasteiger partial charge is 0.274 e. The standard InChI is InChI=1S/C11H11N5O4/c1-14(20-2)11(17)8-3-4-9(10(5-8)16(18)19)15-7-12-6-13-15/h3-7H,1-2H3. The highest BCUT2D eigenvalue weighted by molar-refractivity contribution is 5.94. The van der Waals surface area contributed by atoms with Crippen LogP contribution in [0.2, 0.25) is 0 Å². The molecule has 2 rings (SSSR count). The summed E-state index contributed by atoms with van der Waals surface area (Å²) in [6.45, 7) is 0. The number of amides is 1. The van der Waals surface area contributed by atoms with Crippen LogP contribution < -0.4 is 0 Å². The maximum Gasteiger partial charge on any atom is 0.295 e. The van der Waals surface area contributed by atoms with Crippen LogP contribution in [0.1, 0.15) is 10.4 Å². The highest BCUT2D eigenvalue weighted by Gasteiger charge is 2.21. The Morgan fingerprint density at radius 2 is 2.25 bits per heavy atom. The van der Waals surface area contributed by atoms with Crippen molar-refractivity contribution >= 4 is 11.6 Å². The lowest BCUT2D eigenvalue weighted by Crippen LogP contribution is -2.25. The van der Waals surface area contributed by atoms with E-state index in [2.05, 4.69) is 10.1 Å². The van der Waals surface area contributed by atoms with Crippen LogP contribution in [-0.2, 0) is 4.84 Å². The third kappa shape index (κ3) is 2.47. The molecule has 20 heavy (non-hydrogen) atoms. The number of carbonyl (C=O) groups excluding carboxylic acids is 1. The Bertz CT molecular complexity index is 640. The zero-order valence-electron chi connectivity index (χ0n) is 10.8. The molecule has 9 nitrogen and oxygen atoms in total. The summed E-state index contributed by atoms with van der Waals surface area (Å²) >= 11 is 0. The molecule has 0 N–H and O–H groups in total. The van der Waals surface area contributed by atoms with Gasteiger partial charge < -0.3 is 0 Å². The number of nitrogens with zero attached hydrogens (tertiary/aromatic N) is 5. The maximum atomic E-state index is 11.9. The van der Waals surface area contributed by atoms with Crippen LogP contribution in [0.15, 0.2) is 30.9 Å². The number of nitro groups is 1. The van der Waals surface area contributed by atoms with E-state index in [1.54, 1.807) is 0 Å². The van der Waals surface area contributed by atoms with Crippen molar-refractivity contribution in [2.45, 2.75) is 0 Å². The molecule has 0 aliphatic rings. The summed E-state index contributed by atoms with van der Waals surface area (Å²) in [6.07, 6.45) is 2.60. The van der Waals surface area contributed by atoms with Gasteiger partial charge in [0.05, 0.1) is 12.0 Å². The predicted molar refractivity (Wildman–Crippen MR) is 67.1 cm³/mol. The number of benzene rings is 1. The fourth-order valence-corrected chi connectivity index (χ4v) is 1.59. The fourth-order valence-electron chi connectivity index (χ4n) is 1.59. The van der Waals surface area contributed by atoms with Crippen molar-refractivity contribution in [1.29, 1.82) is 0 Å². The molecule has 1 amide bonds. The molecule has 0 radical (unpaired) electrons. The Hall–Kier alpha value is -2.81. The predicted octanol–water partition coefficient (Wildman–Crippen LogP) is 0.809. The molecular formula is C11H11N5O4. The molecule has 0 saturated carbocycles. The highest BCUT2D eigenvalue weighted by Crippen LogP contribution is 2.24. The van der Waals surface area contributed by atoms with Gasteiger partial charge in [-0.1, -0.05) is 0 Å². The maximum absolute atomic E-state index is 11.9. The second-order valence-electron chi connectivity index (χ2n) is 3.79. The average molecular weight is 277 g/mol. The van der Waals surface area contributed by atoms with Crippen molar-refractivity contribution in [3.05, 3.63) is 46.5 Å². The second kappa shape index (κ2) is 5.45.